The highest BCUT2D eigenvalue weighted by atomic mass is 16.5. The highest BCUT2D eigenvalue weighted by Crippen LogP contribution is 2.20. The summed E-state index contributed by atoms with van der Waals surface area (Å²) in [6.45, 7) is 0. The minimum Gasteiger partial charge on any atom is -0.468 e. The summed E-state index contributed by atoms with van der Waals surface area (Å²) in [7, 11) is 2.55. The van der Waals surface area contributed by atoms with Crippen LogP contribution >= 0.6 is 0 Å². The normalized spacial score (nSPS) is 15.1. The van der Waals surface area contributed by atoms with E-state index in [1.807, 2.05) is 6.08 Å². The molecule has 0 atom stereocenters. The number of hydrogen-bond donors (Lipinski definition) is 0. The molecule has 4 nitrogen and oxygen atoms in total. The largest absolute Gasteiger partial charge is 0.468 e. The van der Waals surface area contributed by atoms with Crippen molar-refractivity contribution in [1.29, 1.82) is 0 Å². The van der Waals surface area contributed by atoms with E-state index in [1.165, 1.54) is 14.2 Å². The fourth-order valence-electron chi connectivity index (χ4n) is 1.76. The number of rotatable bonds is 4. The monoisotopic (exact) mass is 238 g/mol. The van der Waals surface area contributed by atoms with Gasteiger partial charge in [-0.2, -0.15) is 0 Å². The molecule has 1 aliphatic carbocycles. The van der Waals surface area contributed by atoms with Crippen LogP contribution in [0.5, 0.6) is 0 Å². The number of allylic oxidation sites excluding steroid dienone is 4. The van der Waals surface area contributed by atoms with Gasteiger partial charge in [-0.3, -0.25) is 9.59 Å². The fourth-order valence-corrected chi connectivity index (χ4v) is 1.76. The van der Waals surface area contributed by atoms with Crippen LogP contribution in [0.1, 0.15) is 25.7 Å². The second-order valence-electron chi connectivity index (χ2n) is 3.92. The second kappa shape index (κ2) is 6.89. The number of methoxy groups -OCH3 is 2. The van der Waals surface area contributed by atoms with Crippen LogP contribution in [-0.4, -0.2) is 26.2 Å². The van der Waals surface area contributed by atoms with E-state index in [2.05, 4.69) is 21.6 Å². The van der Waals surface area contributed by atoms with E-state index in [0.717, 1.165) is 24.8 Å². The molecular weight excluding hydrogens is 220 g/mol. The molecule has 0 N–H and O–H groups in total. The van der Waals surface area contributed by atoms with E-state index < -0.39 is 17.9 Å². The molecule has 0 amide bonds. The van der Waals surface area contributed by atoms with Crippen molar-refractivity contribution >= 4 is 11.9 Å². The van der Waals surface area contributed by atoms with E-state index in [9.17, 15) is 9.59 Å². The lowest BCUT2D eigenvalue weighted by Gasteiger charge is -2.12. The molecule has 0 spiro atoms. The van der Waals surface area contributed by atoms with Gasteiger partial charge in [-0.05, 0) is 25.7 Å². The third-order valence-corrected chi connectivity index (χ3v) is 2.72. The van der Waals surface area contributed by atoms with Crippen LogP contribution in [0.15, 0.2) is 23.8 Å². The van der Waals surface area contributed by atoms with Crippen LogP contribution in [-0.2, 0) is 19.1 Å². The minimum atomic E-state index is -0.862. The van der Waals surface area contributed by atoms with Crippen molar-refractivity contribution in [2.45, 2.75) is 25.7 Å². The first-order chi connectivity index (χ1) is 8.19. The Morgan fingerprint density at radius 2 is 1.88 bits per heavy atom. The Morgan fingerprint density at radius 3 is 2.47 bits per heavy atom. The number of carbonyl (C=O) groups excluding carboxylic acids is 2. The number of hydrogen-bond acceptors (Lipinski definition) is 4. The topological polar surface area (TPSA) is 52.6 Å². The lowest BCUT2D eigenvalue weighted by molar-refractivity contribution is -0.158. The quantitative estimate of drug-likeness (QED) is 0.555. The standard InChI is InChI=1S/C13H18O4/c1-16-12(14)11(13(15)17-2)9-10-7-5-3-4-6-8-10/h5,7-8,11H,3-4,6,9H2,1-2H3. The molecule has 0 saturated heterocycles. The highest BCUT2D eigenvalue weighted by Gasteiger charge is 2.29. The van der Waals surface area contributed by atoms with E-state index >= 15 is 0 Å². The molecule has 0 bridgehead atoms. The summed E-state index contributed by atoms with van der Waals surface area (Å²) in [5.41, 5.74) is 0.989. The maximum atomic E-state index is 11.5. The Bertz CT molecular complexity index is 325. The number of carbonyl (C=O) groups is 2. The zero-order valence-electron chi connectivity index (χ0n) is 10.3. The summed E-state index contributed by atoms with van der Waals surface area (Å²) in [4.78, 5) is 23.0. The maximum absolute atomic E-state index is 11.5. The Labute approximate surface area is 101 Å². The molecule has 0 saturated carbocycles. The van der Waals surface area contributed by atoms with Crippen molar-refractivity contribution in [2.24, 2.45) is 5.92 Å². The highest BCUT2D eigenvalue weighted by molar-refractivity contribution is 5.95. The summed E-state index contributed by atoms with van der Waals surface area (Å²) in [5, 5.41) is 0. The summed E-state index contributed by atoms with van der Waals surface area (Å²) in [5.74, 6) is -1.95. The third-order valence-electron chi connectivity index (χ3n) is 2.72. The van der Waals surface area contributed by atoms with E-state index in [1.54, 1.807) is 0 Å². The number of esters is 2. The maximum Gasteiger partial charge on any atom is 0.320 e. The van der Waals surface area contributed by atoms with Crippen molar-refractivity contribution in [1.82, 2.24) is 0 Å². The van der Waals surface area contributed by atoms with Gasteiger partial charge in [0.25, 0.3) is 0 Å². The first kappa shape index (κ1) is 13.5. The summed E-state index contributed by atoms with van der Waals surface area (Å²) < 4.78 is 9.23. The average Bonchev–Trinajstić information content (AvgIpc) is 2.62. The first-order valence-corrected chi connectivity index (χ1v) is 5.70. The van der Waals surface area contributed by atoms with Gasteiger partial charge in [0.15, 0.2) is 5.92 Å². The van der Waals surface area contributed by atoms with E-state index in [4.69, 9.17) is 0 Å². The van der Waals surface area contributed by atoms with Gasteiger partial charge in [-0.15, -0.1) is 0 Å². The van der Waals surface area contributed by atoms with Gasteiger partial charge in [0, 0.05) is 0 Å². The van der Waals surface area contributed by atoms with E-state index in [0.29, 0.717) is 6.42 Å². The Kier molecular flexibility index (Phi) is 5.46. The van der Waals surface area contributed by atoms with Crippen molar-refractivity contribution in [3.8, 4) is 0 Å². The molecule has 4 heteroatoms. The second-order valence-corrected chi connectivity index (χ2v) is 3.92. The van der Waals surface area contributed by atoms with Crippen LogP contribution in [0, 0.1) is 5.92 Å². The first-order valence-electron chi connectivity index (χ1n) is 5.70. The number of ether oxygens (including phenoxy) is 2. The molecule has 0 aromatic rings. The minimum absolute atomic E-state index is 0.343. The molecule has 1 aliphatic rings. The van der Waals surface area contributed by atoms with Gasteiger partial charge in [-0.25, -0.2) is 0 Å². The predicted molar refractivity (Wildman–Crippen MR) is 63.2 cm³/mol. The van der Waals surface area contributed by atoms with E-state index in [-0.39, 0.29) is 0 Å². The molecule has 0 aromatic carbocycles. The zero-order chi connectivity index (χ0) is 12.7. The molecule has 0 aromatic heterocycles. The average molecular weight is 238 g/mol. The molecule has 1 rings (SSSR count). The molecule has 94 valence electrons. The van der Waals surface area contributed by atoms with Gasteiger partial charge in [0.1, 0.15) is 0 Å². The van der Waals surface area contributed by atoms with Gasteiger partial charge in [-0.1, -0.05) is 23.8 Å². The third kappa shape index (κ3) is 4.06. The van der Waals surface area contributed by atoms with Crippen molar-refractivity contribution < 1.29 is 19.1 Å². The van der Waals surface area contributed by atoms with Gasteiger partial charge in [0.05, 0.1) is 14.2 Å². The molecule has 17 heavy (non-hydrogen) atoms. The molecule has 0 fully saturated rings. The van der Waals surface area contributed by atoms with Crippen molar-refractivity contribution in [2.75, 3.05) is 14.2 Å². The van der Waals surface area contributed by atoms with Crippen LogP contribution in [0.4, 0.5) is 0 Å². The molecule has 0 aliphatic heterocycles. The molecular formula is C13H18O4. The molecule has 0 heterocycles. The van der Waals surface area contributed by atoms with Crippen LogP contribution < -0.4 is 0 Å². The summed E-state index contributed by atoms with van der Waals surface area (Å²) >= 11 is 0. The van der Waals surface area contributed by atoms with Gasteiger partial charge < -0.3 is 9.47 Å². The Morgan fingerprint density at radius 1 is 1.24 bits per heavy atom. The van der Waals surface area contributed by atoms with Gasteiger partial charge >= 0.3 is 11.9 Å². The van der Waals surface area contributed by atoms with Gasteiger partial charge in [0.2, 0.25) is 0 Å². The Hall–Kier alpha value is -1.58. The predicted octanol–water partition coefficient (Wildman–Crippen LogP) is 2.01. The lowest BCUT2D eigenvalue weighted by Crippen LogP contribution is -2.26. The Balaban J connectivity index is 2.74. The van der Waals surface area contributed by atoms with Crippen LogP contribution in [0.3, 0.4) is 0 Å². The zero-order valence-corrected chi connectivity index (χ0v) is 10.3. The fraction of sp³-hybridized carbons (Fsp3) is 0.538. The van der Waals surface area contributed by atoms with Crippen LogP contribution in [0.2, 0.25) is 0 Å². The summed E-state index contributed by atoms with van der Waals surface area (Å²) in [6, 6.07) is 0. The molecule has 0 radical (unpaired) electrons. The summed E-state index contributed by atoms with van der Waals surface area (Å²) in [6.07, 6.45) is 9.52. The van der Waals surface area contributed by atoms with Crippen molar-refractivity contribution in [3.05, 3.63) is 23.8 Å². The smallest absolute Gasteiger partial charge is 0.320 e. The molecule has 0 unspecified atom stereocenters. The van der Waals surface area contributed by atoms with Crippen molar-refractivity contribution in [3.63, 3.8) is 0 Å². The SMILES string of the molecule is COC(=O)C(CC1=CCCCC=C1)C(=O)OC. The van der Waals surface area contributed by atoms with Crippen LogP contribution in [0.25, 0.3) is 0 Å². The lowest BCUT2D eigenvalue weighted by atomic mass is 9.98.